The Morgan fingerprint density at radius 3 is 2.46 bits per heavy atom. The molecule has 5 rings (SSSR count). The molecular weight excluding hydrogens is 517 g/mol. The zero-order chi connectivity index (χ0) is 27.9. The van der Waals surface area contributed by atoms with Gasteiger partial charge in [-0.05, 0) is 66.8 Å². The summed E-state index contributed by atoms with van der Waals surface area (Å²) in [5.74, 6) is 1.79. The Labute approximate surface area is 233 Å². The number of fused-ring (bicyclic) bond motifs is 3. The lowest BCUT2D eigenvalue weighted by Crippen LogP contribution is -2.29. The fraction of sp³-hybridized carbons (Fsp3) is 0.258. The SMILES string of the molecule is CC(C)C[C@H](N)COc1ccc2c(c1)C(C)Oc1cnccc1-2.O=Cc1cc(Cl)ccc1-c1ccncc1F. The molecule has 2 atom stereocenters. The number of ether oxygens (including phenoxy) is 2. The van der Waals surface area contributed by atoms with Gasteiger partial charge in [-0.15, -0.1) is 0 Å². The molecule has 3 heterocycles. The number of benzene rings is 2. The summed E-state index contributed by atoms with van der Waals surface area (Å²) in [5.41, 5.74) is 10.7. The van der Waals surface area contributed by atoms with Gasteiger partial charge >= 0.3 is 0 Å². The van der Waals surface area contributed by atoms with Crippen LogP contribution in [0.2, 0.25) is 5.02 Å². The molecule has 0 spiro atoms. The summed E-state index contributed by atoms with van der Waals surface area (Å²) in [6.07, 6.45) is 7.74. The monoisotopic (exact) mass is 547 g/mol. The summed E-state index contributed by atoms with van der Waals surface area (Å²) in [6.45, 7) is 6.92. The van der Waals surface area contributed by atoms with Crippen molar-refractivity contribution in [2.75, 3.05) is 6.61 Å². The molecule has 1 unspecified atom stereocenters. The van der Waals surface area contributed by atoms with Gasteiger partial charge in [-0.3, -0.25) is 14.8 Å². The lowest BCUT2D eigenvalue weighted by molar-refractivity contribution is 0.112. The Kier molecular flexibility index (Phi) is 9.28. The first-order chi connectivity index (χ1) is 18.8. The molecule has 202 valence electrons. The molecule has 39 heavy (non-hydrogen) atoms. The van der Waals surface area contributed by atoms with Gasteiger partial charge in [0.1, 0.15) is 30.0 Å². The van der Waals surface area contributed by atoms with Crippen molar-refractivity contribution < 1.29 is 18.7 Å². The van der Waals surface area contributed by atoms with Crippen molar-refractivity contribution >= 4 is 17.9 Å². The van der Waals surface area contributed by atoms with E-state index in [0.29, 0.717) is 40.5 Å². The minimum atomic E-state index is -0.465. The van der Waals surface area contributed by atoms with Crippen molar-refractivity contribution in [2.24, 2.45) is 11.7 Å². The first-order valence-corrected chi connectivity index (χ1v) is 13.1. The molecule has 2 N–H and O–H groups in total. The van der Waals surface area contributed by atoms with E-state index < -0.39 is 5.82 Å². The van der Waals surface area contributed by atoms with E-state index in [0.717, 1.165) is 35.2 Å². The van der Waals surface area contributed by atoms with Crippen LogP contribution in [0.25, 0.3) is 22.3 Å². The number of hydrogen-bond donors (Lipinski definition) is 1. The van der Waals surface area contributed by atoms with Gasteiger partial charge in [0.15, 0.2) is 6.29 Å². The lowest BCUT2D eigenvalue weighted by Gasteiger charge is -2.26. The van der Waals surface area contributed by atoms with Crippen molar-refractivity contribution in [2.45, 2.75) is 39.3 Å². The molecule has 2 aromatic carbocycles. The third-order valence-corrected chi connectivity index (χ3v) is 6.52. The summed E-state index contributed by atoms with van der Waals surface area (Å²) < 4.78 is 25.3. The molecule has 0 saturated carbocycles. The van der Waals surface area contributed by atoms with Gasteiger partial charge in [-0.1, -0.05) is 37.6 Å². The highest BCUT2D eigenvalue weighted by atomic mass is 35.5. The van der Waals surface area contributed by atoms with E-state index in [1.165, 1.54) is 23.9 Å². The van der Waals surface area contributed by atoms with Crippen molar-refractivity contribution in [3.63, 3.8) is 0 Å². The average molecular weight is 548 g/mol. The van der Waals surface area contributed by atoms with Crippen molar-refractivity contribution in [1.29, 1.82) is 0 Å². The largest absolute Gasteiger partial charge is 0.492 e. The predicted molar refractivity (Wildman–Crippen MR) is 152 cm³/mol. The molecule has 0 amide bonds. The van der Waals surface area contributed by atoms with E-state index in [9.17, 15) is 9.18 Å². The van der Waals surface area contributed by atoms with E-state index in [4.69, 9.17) is 26.8 Å². The summed E-state index contributed by atoms with van der Waals surface area (Å²) in [7, 11) is 0. The van der Waals surface area contributed by atoms with Gasteiger partial charge in [0.05, 0.1) is 12.4 Å². The summed E-state index contributed by atoms with van der Waals surface area (Å²) in [4.78, 5) is 18.7. The van der Waals surface area contributed by atoms with Crippen LogP contribution in [0, 0.1) is 11.7 Å². The zero-order valence-corrected chi connectivity index (χ0v) is 22.9. The average Bonchev–Trinajstić information content (AvgIpc) is 2.92. The number of nitrogens with two attached hydrogens (primary N) is 1. The molecule has 0 fully saturated rings. The molecule has 4 aromatic rings. The van der Waals surface area contributed by atoms with E-state index >= 15 is 0 Å². The second-order valence-corrected chi connectivity index (χ2v) is 10.2. The number of carbonyl (C=O) groups is 1. The van der Waals surface area contributed by atoms with Crippen molar-refractivity contribution in [3.05, 3.63) is 95.3 Å². The summed E-state index contributed by atoms with van der Waals surface area (Å²) >= 11 is 5.76. The first-order valence-electron chi connectivity index (χ1n) is 12.7. The van der Waals surface area contributed by atoms with Crippen LogP contribution in [0.1, 0.15) is 49.2 Å². The maximum atomic E-state index is 13.5. The highest BCUT2D eigenvalue weighted by Gasteiger charge is 2.23. The highest BCUT2D eigenvalue weighted by molar-refractivity contribution is 6.31. The fourth-order valence-corrected chi connectivity index (χ4v) is 4.69. The minimum Gasteiger partial charge on any atom is -0.492 e. The number of carbonyl (C=O) groups excluding carboxylic acids is 1. The van der Waals surface area contributed by atoms with E-state index in [1.807, 2.05) is 19.1 Å². The Morgan fingerprint density at radius 2 is 1.74 bits per heavy atom. The van der Waals surface area contributed by atoms with Gasteiger partial charge in [-0.25, -0.2) is 4.39 Å². The van der Waals surface area contributed by atoms with E-state index in [2.05, 4.69) is 35.9 Å². The topological polar surface area (TPSA) is 87.3 Å². The standard InChI is InChI=1S/C19H24N2O2.C12H7ClFNO/c1-12(2)8-14(20)11-22-15-4-5-16-17-6-7-21-10-19(17)23-13(3)18(16)9-15;13-9-1-2-10(8(5-9)7-16)11-3-4-15-6-12(11)14/h4-7,9-10,12-14H,8,11,20H2,1-3H3;1-7H/t13?,14-;/m0./s1. The molecule has 0 bridgehead atoms. The van der Waals surface area contributed by atoms with Crippen LogP contribution in [-0.2, 0) is 0 Å². The lowest BCUT2D eigenvalue weighted by atomic mass is 9.94. The van der Waals surface area contributed by atoms with Gasteiger partial charge in [-0.2, -0.15) is 0 Å². The van der Waals surface area contributed by atoms with Crippen molar-refractivity contribution in [3.8, 4) is 33.8 Å². The molecule has 1 aliphatic rings. The molecule has 0 aliphatic carbocycles. The summed E-state index contributed by atoms with van der Waals surface area (Å²) in [6, 6.07) is 14.5. The molecule has 0 saturated heterocycles. The van der Waals surface area contributed by atoms with Gasteiger partial charge < -0.3 is 15.2 Å². The molecule has 0 radical (unpaired) electrons. The number of pyridine rings is 2. The van der Waals surface area contributed by atoms with E-state index in [1.54, 1.807) is 24.5 Å². The Bertz CT molecular complexity index is 1450. The van der Waals surface area contributed by atoms with E-state index in [-0.39, 0.29) is 12.1 Å². The minimum absolute atomic E-state index is 0.0189. The second-order valence-electron chi connectivity index (χ2n) is 9.79. The number of aldehydes is 1. The van der Waals surface area contributed by atoms with Gasteiger partial charge in [0.2, 0.25) is 0 Å². The van der Waals surface area contributed by atoms with Crippen LogP contribution in [0.5, 0.6) is 11.5 Å². The molecule has 6 nitrogen and oxygen atoms in total. The Hall–Kier alpha value is -3.81. The number of nitrogens with zero attached hydrogens (tertiary/aromatic N) is 2. The highest BCUT2D eigenvalue weighted by Crippen LogP contribution is 2.42. The Morgan fingerprint density at radius 1 is 1.03 bits per heavy atom. The number of halogens is 2. The third-order valence-electron chi connectivity index (χ3n) is 6.28. The maximum absolute atomic E-state index is 13.5. The maximum Gasteiger partial charge on any atom is 0.150 e. The first kappa shape index (κ1) is 28.2. The van der Waals surface area contributed by atoms with Gasteiger partial charge in [0, 0.05) is 45.7 Å². The van der Waals surface area contributed by atoms with Crippen LogP contribution >= 0.6 is 11.6 Å². The molecule has 2 aromatic heterocycles. The van der Waals surface area contributed by atoms with Gasteiger partial charge in [0.25, 0.3) is 0 Å². The van der Waals surface area contributed by atoms with Crippen LogP contribution in [0.3, 0.4) is 0 Å². The van der Waals surface area contributed by atoms with Crippen LogP contribution in [-0.4, -0.2) is 28.9 Å². The third kappa shape index (κ3) is 6.99. The van der Waals surface area contributed by atoms with Crippen molar-refractivity contribution in [1.82, 2.24) is 9.97 Å². The molecule has 8 heteroatoms. The normalized spacial score (nSPS) is 14.3. The van der Waals surface area contributed by atoms with Crippen LogP contribution in [0.4, 0.5) is 4.39 Å². The quantitative estimate of drug-likeness (QED) is 0.244. The smallest absolute Gasteiger partial charge is 0.150 e. The predicted octanol–water partition coefficient (Wildman–Crippen LogP) is 7.31. The Balaban J connectivity index is 0.000000193. The number of aromatic nitrogens is 2. The van der Waals surface area contributed by atoms with Crippen LogP contribution < -0.4 is 15.2 Å². The number of rotatable bonds is 7. The zero-order valence-electron chi connectivity index (χ0n) is 22.1. The molecule has 1 aliphatic heterocycles. The molecular formula is C31H31ClFN3O3. The fourth-order valence-electron chi connectivity index (χ4n) is 4.51. The second kappa shape index (κ2) is 12.8. The van der Waals surface area contributed by atoms with Crippen LogP contribution in [0.15, 0.2) is 73.3 Å². The summed E-state index contributed by atoms with van der Waals surface area (Å²) in [5, 5.41) is 0.445. The number of hydrogen-bond acceptors (Lipinski definition) is 6.